The van der Waals surface area contributed by atoms with Crippen LogP contribution in [0.2, 0.25) is 0 Å². The van der Waals surface area contributed by atoms with E-state index >= 15 is 0 Å². The lowest BCUT2D eigenvalue weighted by atomic mass is 9.75. The highest BCUT2D eigenvalue weighted by atomic mass is 19.1. The second kappa shape index (κ2) is 6.00. The summed E-state index contributed by atoms with van der Waals surface area (Å²) in [7, 11) is 0. The summed E-state index contributed by atoms with van der Waals surface area (Å²) in [5.41, 5.74) is 0.718. The van der Waals surface area contributed by atoms with Crippen molar-refractivity contribution in [2.24, 2.45) is 5.41 Å². The normalized spacial score (nSPS) is 20.2. The van der Waals surface area contributed by atoms with Crippen LogP contribution in [0, 0.1) is 17.0 Å². The Kier molecular flexibility index (Phi) is 4.56. The summed E-state index contributed by atoms with van der Waals surface area (Å²) in [6.45, 7) is 5.04. The van der Waals surface area contributed by atoms with Crippen LogP contribution in [-0.2, 0) is 0 Å². The maximum atomic E-state index is 13.7. The van der Waals surface area contributed by atoms with E-state index in [1.165, 1.54) is 44.2 Å². The first-order chi connectivity index (χ1) is 9.00. The fraction of sp³-hybridized carbons (Fsp3) is 0.625. The van der Waals surface area contributed by atoms with Gasteiger partial charge in [0, 0.05) is 18.2 Å². The quantitative estimate of drug-likeness (QED) is 0.841. The third-order valence-electron chi connectivity index (χ3n) is 4.32. The molecule has 1 unspecified atom stereocenters. The van der Waals surface area contributed by atoms with Gasteiger partial charge >= 0.3 is 0 Å². The van der Waals surface area contributed by atoms with E-state index in [-0.39, 0.29) is 17.7 Å². The molecule has 2 rings (SSSR count). The smallest absolute Gasteiger partial charge is 0.128 e. The molecular formula is C16H23F2N. The Bertz CT molecular complexity index is 425. The van der Waals surface area contributed by atoms with Crippen molar-refractivity contribution in [3.05, 3.63) is 35.4 Å². The second-order valence-corrected chi connectivity index (χ2v) is 6.14. The van der Waals surface area contributed by atoms with Crippen LogP contribution in [0.4, 0.5) is 8.78 Å². The summed E-state index contributed by atoms with van der Waals surface area (Å²) < 4.78 is 26.9. The molecule has 0 aliphatic heterocycles. The van der Waals surface area contributed by atoms with Gasteiger partial charge in [-0.15, -0.1) is 0 Å². The number of nitrogens with one attached hydrogen (secondary N) is 1. The van der Waals surface area contributed by atoms with Crippen LogP contribution in [0.25, 0.3) is 0 Å². The lowest BCUT2D eigenvalue weighted by Crippen LogP contribution is -2.35. The largest absolute Gasteiger partial charge is 0.310 e. The first-order valence-corrected chi connectivity index (χ1v) is 7.18. The Hall–Kier alpha value is -0.960. The predicted molar refractivity (Wildman–Crippen MR) is 74.0 cm³/mol. The number of rotatable bonds is 4. The van der Waals surface area contributed by atoms with Gasteiger partial charge in [0.05, 0.1) is 0 Å². The average molecular weight is 267 g/mol. The summed E-state index contributed by atoms with van der Waals surface area (Å²) >= 11 is 0. The Morgan fingerprint density at radius 3 is 2.58 bits per heavy atom. The third kappa shape index (κ3) is 3.75. The zero-order valence-corrected chi connectivity index (χ0v) is 11.8. The molecule has 0 radical (unpaired) electrons. The predicted octanol–water partition coefficient (Wildman–Crippen LogP) is 4.59. The zero-order chi connectivity index (χ0) is 13.9. The minimum atomic E-state index is -0.381. The van der Waals surface area contributed by atoms with E-state index in [1.807, 2.05) is 6.92 Å². The molecule has 3 heteroatoms. The van der Waals surface area contributed by atoms with Crippen LogP contribution < -0.4 is 5.32 Å². The van der Waals surface area contributed by atoms with Gasteiger partial charge in [0.2, 0.25) is 0 Å². The number of benzene rings is 1. The monoisotopic (exact) mass is 267 g/mol. The molecule has 1 aliphatic rings. The van der Waals surface area contributed by atoms with Crippen molar-refractivity contribution < 1.29 is 8.78 Å². The molecule has 1 N–H and O–H groups in total. The summed E-state index contributed by atoms with van der Waals surface area (Å²) in [5, 5.41) is 3.37. The minimum Gasteiger partial charge on any atom is -0.310 e. The molecule has 106 valence electrons. The fourth-order valence-electron chi connectivity index (χ4n) is 2.94. The minimum absolute atomic E-state index is 0.158. The SMILES string of the molecule is CC(NCC1(C)CCCCC1)c1cc(F)ccc1F. The Morgan fingerprint density at radius 2 is 1.89 bits per heavy atom. The highest BCUT2D eigenvalue weighted by molar-refractivity contribution is 5.21. The van der Waals surface area contributed by atoms with Crippen molar-refractivity contribution in [2.75, 3.05) is 6.54 Å². The van der Waals surface area contributed by atoms with E-state index in [2.05, 4.69) is 12.2 Å². The van der Waals surface area contributed by atoms with Crippen molar-refractivity contribution >= 4 is 0 Å². The van der Waals surface area contributed by atoms with E-state index < -0.39 is 0 Å². The molecule has 0 saturated heterocycles. The Balaban J connectivity index is 1.97. The molecular weight excluding hydrogens is 244 g/mol. The van der Waals surface area contributed by atoms with Gasteiger partial charge in [-0.3, -0.25) is 0 Å². The lowest BCUT2D eigenvalue weighted by Gasteiger charge is -2.35. The molecule has 1 nitrogen and oxygen atoms in total. The maximum absolute atomic E-state index is 13.7. The van der Waals surface area contributed by atoms with Gasteiger partial charge in [-0.1, -0.05) is 26.2 Å². The molecule has 0 spiro atoms. The van der Waals surface area contributed by atoms with E-state index in [1.54, 1.807) is 0 Å². The van der Waals surface area contributed by atoms with Gasteiger partial charge in [-0.25, -0.2) is 8.78 Å². The van der Waals surface area contributed by atoms with Gasteiger partial charge in [0.25, 0.3) is 0 Å². The molecule has 1 aromatic rings. The van der Waals surface area contributed by atoms with Crippen LogP contribution in [0.5, 0.6) is 0 Å². The standard InChI is InChI=1S/C16H23F2N/c1-12(14-10-13(17)6-7-15(14)18)19-11-16(2)8-4-3-5-9-16/h6-7,10,12,19H,3-5,8-9,11H2,1-2H3. The van der Waals surface area contributed by atoms with Crippen molar-refractivity contribution in [3.8, 4) is 0 Å². The van der Waals surface area contributed by atoms with Gasteiger partial charge in [0.1, 0.15) is 11.6 Å². The second-order valence-electron chi connectivity index (χ2n) is 6.14. The van der Waals surface area contributed by atoms with Crippen LogP contribution in [0.1, 0.15) is 57.6 Å². The third-order valence-corrected chi connectivity index (χ3v) is 4.32. The molecule has 0 heterocycles. The van der Waals surface area contributed by atoms with Gasteiger partial charge in [-0.05, 0) is 43.4 Å². The zero-order valence-electron chi connectivity index (χ0n) is 11.8. The van der Waals surface area contributed by atoms with Crippen LogP contribution in [0.3, 0.4) is 0 Å². The van der Waals surface area contributed by atoms with Gasteiger partial charge < -0.3 is 5.32 Å². The molecule has 0 bridgehead atoms. The first-order valence-electron chi connectivity index (χ1n) is 7.18. The Labute approximate surface area is 114 Å². The topological polar surface area (TPSA) is 12.0 Å². The number of halogens is 2. The highest BCUT2D eigenvalue weighted by Gasteiger charge is 2.27. The van der Waals surface area contributed by atoms with Crippen molar-refractivity contribution in [3.63, 3.8) is 0 Å². The lowest BCUT2D eigenvalue weighted by molar-refractivity contribution is 0.201. The number of hydrogen-bond acceptors (Lipinski definition) is 1. The molecule has 1 atom stereocenters. The molecule has 19 heavy (non-hydrogen) atoms. The Morgan fingerprint density at radius 1 is 1.21 bits per heavy atom. The molecule has 0 aromatic heterocycles. The van der Waals surface area contributed by atoms with Crippen molar-refractivity contribution in [1.82, 2.24) is 5.32 Å². The van der Waals surface area contributed by atoms with Crippen molar-refractivity contribution in [1.29, 1.82) is 0 Å². The van der Waals surface area contributed by atoms with E-state index in [9.17, 15) is 8.78 Å². The van der Waals surface area contributed by atoms with Crippen LogP contribution in [0.15, 0.2) is 18.2 Å². The highest BCUT2D eigenvalue weighted by Crippen LogP contribution is 2.35. The average Bonchev–Trinajstić information content (AvgIpc) is 2.40. The molecule has 1 aliphatic carbocycles. The van der Waals surface area contributed by atoms with Crippen molar-refractivity contribution in [2.45, 2.75) is 52.0 Å². The number of hydrogen-bond donors (Lipinski definition) is 1. The maximum Gasteiger partial charge on any atom is 0.128 e. The van der Waals surface area contributed by atoms with E-state index in [0.717, 1.165) is 12.6 Å². The van der Waals surface area contributed by atoms with E-state index in [4.69, 9.17) is 0 Å². The molecule has 1 fully saturated rings. The molecule has 0 amide bonds. The first kappa shape index (κ1) is 14.4. The van der Waals surface area contributed by atoms with E-state index in [0.29, 0.717) is 11.0 Å². The summed E-state index contributed by atoms with van der Waals surface area (Å²) in [6.07, 6.45) is 6.32. The summed E-state index contributed by atoms with van der Waals surface area (Å²) in [4.78, 5) is 0. The van der Waals surface area contributed by atoms with Crippen LogP contribution in [-0.4, -0.2) is 6.54 Å². The molecule has 1 saturated carbocycles. The van der Waals surface area contributed by atoms with Gasteiger partial charge in [0.15, 0.2) is 0 Å². The van der Waals surface area contributed by atoms with Crippen LogP contribution >= 0.6 is 0 Å². The summed E-state index contributed by atoms with van der Waals surface area (Å²) in [5.74, 6) is -0.718. The molecule has 1 aromatic carbocycles. The fourth-order valence-corrected chi connectivity index (χ4v) is 2.94. The van der Waals surface area contributed by atoms with Gasteiger partial charge in [-0.2, -0.15) is 0 Å². The summed E-state index contributed by atoms with van der Waals surface area (Å²) in [6, 6.07) is 3.49.